The van der Waals surface area contributed by atoms with E-state index < -0.39 is 6.10 Å². The Morgan fingerprint density at radius 3 is 2.48 bits per heavy atom. The average Bonchev–Trinajstić information content (AvgIpc) is 2.87. The minimum absolute atomic E-state index is 0.0560. The lowest BCUT2D eigenvalue weighted by atomic mass is 9.92. The van der Waals surface area contributed by atoms with E-state index in [0.29, 0.717) is 5.56 Å². The molecule has 174 valence electrons. The third-order valence-corrected chi connectivity index (χ3v) is 6.50. The van der Waals surface area contributed by atoms with Gasteiger partial charge in [0.05, 0.1) is 17.3 Å². The third-order valence-electron chi connectivity index (χ3n) is 6.50. The second-order valence-corrected chi connectivity index (χ2v) is 8.98. The van der Waals surface area contributed by atoms with Gasteiger partial charge in [0.1, 0.15) is 0 Å². The normalized spacial score (nSPS) is 17.1. The number of para-hydroxylation sites is 1. The van der Waals surface area contributed by atoms with Gasteiger partial charge in [0.25, 0.3) is 5.91 Å². The van der Waals surface area contributed by atoms with Crippen LogP contribution in [0.4, 0.5) is 0 Å². The van der Waals surface area contributed by atoms with Gasteiger partial charge in [0.15, 0.2) is 0 Å². The lowest BCUT2D eigenvalue weighted by molar-refractivity contribution is 0.0755. The number of fused-ring (bicyclic) bond motifs is 1. The molecule has 0 aliphatic carbocycles. The molecular weight excluding hydrogens is 410 g/mol. The van der Waals surface area contributed by atoms with E-state index in [2.05, 4.69) is 19.2 Å². The number of aliphatic hydroxyl groups excluding tert-OH is 1. The van der Waals surface area contributed by atoms with E-state index in [1.165, 1.54) is 0 Å². The molecule has 2 N–H and O–H groups in total. The number of carbonyl (C=O) groups excluding carboxylic acids is 1. The Kier molecular flexibility index (Phi) is 7.73. The molecule has 1 aliphatic rings. The molecule has 3 aromatic rings. The summed E-state index contributed by atoms with van der Waals surface area (Å²) < 4.78 is 0. The van der Waals surface area contributed by atoms with Crippen LogP contribution in [0.2, 0.25) is 0 Å². The van der Waals surface area contributed by atoms with Crippen molar-refractivity contribution < 1.29 is 9.90 Å². The van der Waals surface area contributed by atoms with E-state index in [4.69, 9.17) is 4.98 Å². The predicted octanol–water partition coefficient (Wildman–Crippen LogP) is 5.34. The highest BCUT2D eigenvalue weighted by molar-refractivity contribution is 5.95. The van der Waals surface area contributed by atoms with Gasteiger partial charge in [-0.15, -0.1) is 0 Å². The molecule has 1 saturated heterocycles. The van der Waals surface area contributed by atoms with E-state index in [0.717, 1.165) is 79.5 Å². The maximum atomic E-state index is 12.9. The molecule has 4 rings (SSSR count). The van der Waals surface area contributed by atoms with Crippen molar-refractivity contribution in [1.29, 1.82) is 0 Å². The van der Waals surface area contributed by atoms with Gasteiger partial charge in [0.2, 0.25) is 0 Å². The number of piperidine rings is 1. The molecule has 2 atom stereocenters. The number of pyridine rings is 1. The van der Waals surface area contributed by atoms with Crippen molar-refractivity contribution in [3.05, 3.63) is 65.7 Å². The van der Waals surface area contributed by atoms with Gasteiger partial charge >= 0.3 is 0 Å². The Hall–Kier alpha value is -2.76. The van der Waals surface area contributed by atoms with E-state index >= 15 is 0 Å². The van der Waals surface area contributed by atoms with Crippen LogP contribution in [0.1, 0.15) is 68.0 Å². The van der Waals surface area contributed by atoms with Crippen LogP contribution < -0.4 is 5.32 Å². The molecule has 5 heteroatoms. The summed E-state index contributed by atoms with van der Waals surface area (Å²) in [5.41, 5.74) is 4.24. The van der Waals surface area contributed by atoms with Crippen LogP contribution in [0.25, 0.3) is 22.2 Å². The standard InChI is InChI=1S/C28H35N3O2/c1-3-17-31(18-4-2)28(33)21-14-12-20(13-15-21)26-19-23(22-9-5-6-10-24(22)30-26)27(32)25-11-7-8-16-29-25/h5-6,9-10,12-15,19,25,27,29,32H,3-4,7-8,11,16-18H2,1-2H3/t25?,27-/m1/s1. The van der Waals surface area contributed by atoms with E-state index in [1.54, 1.807) is 0 Å². The maximum absolute atomic E-state index is 12.9. The lowest BCUT2D eigenvalue weighted by Crippen LogP contribution is -2.38. The molecule has 1 aliphatic heterocycles. The zero-order chi connectivity index (χ0) is 23.2. The number of rotatable bonds is 8. The minimum atomic E-state index is -0.588. The van der Waals surface area contributed by atoms with Crippen LogP contribution in [0.5, 0.6) is 0 Å². The highest BCUT2D eigenvalue weighted by Crippen LogP contribution is 2.32. The summed E-state index contributed by atoms with van der Waals surface area (Å²) in [5, 5.41) is 15.7. The van der Waals surface area contributed by atoms with Crippen LogP contribution in [0, 0.1) is 0 Å². The van der Waals surface area contributed by atoms with E-state index in [1.807, 2.05) is 59.5 Å². The Labute approximate surface area is 196 Å². The Morgan fingerprint density at radius 2 is 1.82 bits per heavy atom. The molecule has 2 aromatic carbocycles. The molecule has 1 unspecified atom stereocenters. The summed E-state index contributed by atoms with van der Waals surface area (Å²) in [5.74, 6) is 0.0798. The first-order chi connectivity index (χ1) is 16.1. The summed E-state index contributed by atoms with van der Waals surface area (Å²) in [6.45, 7) is 6.69. The number of aromatic nitrogens is 1. The van der Waals surface area contributed by atoms with Gasteiger partial charge in [-0.25, -0.2) is 4.98 Å². The van der Waals surface area contributed by atoms with Crippen LogP contribution >= 0.6 is 0 Å². The number of benzene rings is 2. The highest BCUT2D eigenvalue weighted by Gasteiger charge is 2.25. The summed E-state index contributed by atoms with van der Waals surface area (Å²) in [4.78, 5) is 19.7. The quantitative estimate of drug-likeness (QED) is 0.491. The summed E-state index contributed by atoms with van der Waals surface area (Å²) in [7, 11) is 0. The number of carbonyl (C=O) groups is 1. The fraction of sp³-hybridized carbons (Fsp3) is 0.429. The minimum Gasteiger partial charge on any atom is -0.387 e. The predicted molar refractivity (Wildman–Crippen MR) is 134 cm³/mol. The molecule has 1 aromatic heterocycles. The number of aliphatic hydroxyl groups is 1. The molecule has 1 amide bonds. The lowest BCUT2D eigenvalue weighted by Gasteiger charge is -2.29. The maximum Gasteiger partial charge on any atom is 0.253 e. The van der Waals surface area contributed by atoms with Crippen LogP contribution in [-0.2, 0) is 0 Å². The van der Waals surface area contributed by atoms with Gasteiger partial charge in [-0.2, -0.15) is 0 Å². The van der Waals surface area contributed by atoms with Gasteiger partial charge in [0, 0.05) is 35.6 Å². The van der Waals surface area contributed by atoms with Crippen molar-refractivity contribution >= 4 is 16.8 Å². The topological polar surface area (TPSA) is 65.5 Å². The molecule has 5 nitrogen and oxygen atoms in total. The zero-order valence-corrected chi connectivity index (χ0v) is 19.8. The van der Waals surface area contributed by atoms with Gasteiger partial charge in [-0.3, -0.25) is 4.79 Å². The van der Waals surface area contributed by atoms with Gasteiger partial charge < -0.3 is 15.3 Å². The van der Waals surface area contributed by atoms with E-state index in [9.17, 15) is 9.90 Å². The van der Waals surface area contributed by atoms with Crippen molar-refractivity contribution in [2.45, 2.75) is 58.1 Å². The summed E-state index contributed by atoms with van der Waals surface area (Å²) >= 11 is 0. The number of hydrogen-bond donors (Lipinski definition) is 2. The van der Waals surface area contributed by atoms with Crippen molar-refractivity contribution in [2.75, 3.05) is 19.6 Å². The SMILES string of the molecule is CCCN(CCC)C(=O)c1ccc(-c2cc([C@@H](O)C3CCCCN3)c3ccccc3n2)cc1. The zero-order valence-electron chi connectivity index (χ0n) is 19.8. The molecule has 1 fully saturated rings. The first-order valence-electron chi connectivity index (χ1n) is 12.3. The number of nitrogens with zero attached hydrogens (tertiary/aromatic N) is 2. The largest absolute Gasteiger partial charge is 0.387 e. The fourth-order valence-electron chi connectivity index (χ4n) is 4.78. The van der Waals surface area contributed by atoms with E-state index in [-0.39, 0.29) is 11.9 Å². The van der Waals surface area contributed by atoms with Crippen molar-refractivity contribution in [3.8, 4) is 11.3 Å². The average molecular weight is 446 g/mol. The molecule has 0 bridgehead atoms. The third kappa shape index (κ3) is 5.26. The Morgan fingerprint density at radius 1 is 1.09 bits per heavy atom. The highest BCUT2D eigenvalue weighted by atomic mass is 16.3. The van der Waals surface area contributed by atoms with Gasteiger partial charge in [-0.05, 0) is 62.1 Å². The van der Waals surface area contributed by atoms with Crippen molar-refractivity contribution in [2.24, 2.45) is 0 Å². The summed E-state index contributed by atoms with van der Waals surface area (Å²) in [6, 6.07) is 17.8. The molecule has 0 saturated carbocycles. The second-order valence-electron chi connectivity index (χ2n) is 8.98. The molecular formula is C28H35N3O2. The smallest absolute Gasteiger partial charge is 0.253 e. The first-order valence-corrected chi connectivity index (χ1v) is 12.3. The Bertz CT molecular complexity index is 1070. The van der Waals surface area contributed by atoms with Crippen LogP contribution in [0.15, 0.2) is 54.6 Å². The second kappa shape index (κ2) is 10.9. The number of amides is 1. The van der Waals surface area contributed by atoms with Crippen molar-refractivity contribution in [3.63, 3.8) is 0 Å². The summed E-state index contributed by atoms with van der Waals surface area (Å²) in [6.07, 6.45) is 4.57. The fourth-order valence-corrected chi connectivity index (χ4v) is 4.78. The molecule has 2 heterocycles. The van der Waals surface area contributed by atoms with Crippen LogP contribution in [0.3, 0.4) is 0 Å². The molecule has 0 radical (unpaired) electrons. The van der Waals surface area contributed by atoms with Crippen LogP contribution in [-0.4, -0.2) is 46.6 Å². The first kappa shape index (κ1) is 23.4. The monoisotopic (exact) mass is 445 g/mol. The number of hydrogen-bond acceptors (Lipinski definition) is 4. The Balaban J connectivity index is 1.66. The van der Waals surface area contributed by atoms with Gasteiger partial charge in [-0.1, -0.05) is 50.6 Å². The molecule has 0 spiro atoms. The van der Waals surface area contributed by atoms with Crippen molar-refractivity contribution in [1.82, 2.24) is 15.2 Å². The number of nitrogens with one attached hydrogen (secondary N) is 1. The molecule has 33 heavy (non-hydrogen) atoms.